The van der Waals surface area contributed by atoms with Crippen LogP contribution in [0.2, 0.25) is 0 Å². The van der Waals surface area contributed by atoms with Crippen LogP contribution in [-0.4, -0.2) is 33.6 Å². The standard InChI is InChI=1S/C21H19F2N5O2S/c1-12-4-6-13(7-5-12)25-21(30)28-10-2-3-17(28)19-26-27-20(31-19)18(29)24-14-8-9-15(22)16(23)11-14/h4-9,11,17H,2-3,10H2,1H3,(H,24,29)(H,25,30). The highest BCUT2D eigenvalue weighted by molar-refractivity contribution is 7.13. The number of amides is 3. The molecule has 0 radical (unpaired) electrons. The Labute approximate surface area is 181 Å². The zero-order chi connectivity index (χ0) is 22.0. The number of nitrogens with zero attached hydrogens (tertiary/aromatic N) is 3. The van der Waals surface area contributed by atoms with Crippen molar-refractivity contribution in [2.45, 2.75) is 25.8 Å². The van der Waals surface area contributed by atoms with E-state index < -0.39 is 17.5 Å². The summed E-state index contributed by atoms with van der Waals surface area (Å²) in [6, 6.07) is 10.1. The zero-order valence-corrected chi connectivity index (χ0v) is 17.4. The largest absolute Gasteiger partial charge is 0.322 e. The Kier molecular flexibility index (Phi) is 5.90. The molecular formula is C21H19F2N5O2S. The molecule has 0 saturated carbocycles. The lowest BCUT2D eigenvalue weighted by Gasteiger charge is -2.23. The van der Waals surface area contributed by atoms with E-state index in [1.807, 2.05) is 31.2 Å². The van der Waals surface area contributed by atoms with Gasteiger partial charge in [-0.2, -0.15) is 0 Å². The van der Waals surface area contributed by atoms with E-state index in [0.29, 0.717) is 23.7 Å². The van der Waals surface area contributed by atoms with Crippen molar-refractivity contribution in [3.8, 4) is 0 Å². The molecule has 7 nitrogen and oxygen atoms in total. The number of anilines is 2. The summed E-state index contributed by atoms with van der Waals surface area (Å²) in [6.07, 6.45) is 1.52. The first-order valence-corrected chi connectivity index (χ1v) is 10.5. The van der Waals surface area contributed by atoms with Crippen LogP contribution in [-0.2, 0) is 0 Å². The van der Waals surface area contributed by atoms with Gasteiger partial charge in [0.2, 0.25) is 5.01 Å². The summed E-state index contributed by atoms with van der Waals surface area (Å²) in [6.45, 7) is 2.54. The number of aryl methyl sites for hydroxylation is 1. The minimum absolute atomic E-state index is 0.0746. The van der Waals surface area contributed by atoms with E-state index in [9.17, 15) is 18.4 Å². The minimum Gasteiger partial charge on any atom is -0.320 e. The van der Waals surface area contributed by atoms with Crippen molar-refractivity contribution >= 4 is 34.6 Å². The van der Waals surface area contributed by atoms with Gasteiger partial charge in [-0.15, -0.1) is 10.2 Å². The lowest BCUT2D eigenvalue weighted by Crippen LogP contribution is -2.34. The van der Waals surface area contributed by atoms with Gasteiger partial charge in [-0.05, 0) is 44.0 Å². The minimum atomic E-state index is -1.06. The zero-order valence-electron chi connectivity index (χ0n) is 16.6. The van der Waals surface area contributed by atoms with E-state index in [1.165, 1.54) is 6.07 Å². The lowest BCUT2D eigenvalue weighted by molar-refractivity contribution is 0.102. The average molecular weight is 443 g/mol. The number of halogens is 2. The first-order chi connectivity index (χ1) is 14.9. The number of carbonyl (C=O) groups excluding carboxylic acids is 2. The van der Waals surface area contributed by atoms with Gasteiger partial charge in [-0.1, -0.05) is 29.0 Å². The summed E-state index contributed by atoms with van der Waals surface area (Å²) in [5.74, 6) is -2.64. The molecule has 3 amide bonds. The van der Waals surface area contributed by atoms with Gasteiger partial charge >= 0.3 is 6.03 Å². The summed E-state index contributed by atoms with van der Waals surface area (Å²) in [5.41, 5.74) is 1.91. The second-order valence-electron chi connectivity index (χ2n) is 7.18. The molecule has 1 aliphatic rings. The molecule has 1 saturated heterocycles. The number of aromatic nitrogens is 2. The maximum atomic E-state index is 13.3. The Bertz CT molecular complexity index is 1120. The monoisotopic (exact) mass is 443 g/mol. The van der Waals surface area contributed by atoms with Crippen LogP contribution in [0.5, 0.6) is 0 Å². The fourth-order valence-corrected chi connectivity index (χ4v) is 4.20. The van der Waals surface area contributed by atoms with Crippen molar-refractivity contribution < 1.29 is 18.4 Å². The number of hydrogen-bond donors (Lipinski definition) is 2. The van der Waals surface area contributed by atoms with E-state index in [4.69, 9.17) is 0 Å². The molecule has 2 aromatic carbocycles. The van der Waals surface area contributed by atoms with Crippen LogP contribution in [0.25, 0.3) is 0 Å². The smallest absolute Gasteiger partial charge is 0.320 e. The Hall–Kier alpha value is -3.40. The second kappa shape index (κ2) is 8.76. The molecule has 1 aliphatic heterocycles. The molecule has 0 bridgehead atoms. The molecule has 4 rings (SSSR count). The fraction of sp³-hybridized carbons (Fsp3) is 0.238. The maximum Gasteiger partial charge on any atom is 0.322 e. The van der Waals surface area contributed by atoms with Crippen molar-refractivity contribution in [1.82, 2.24) is 15.1 Å². The Morgan fingerprint density at radius 3 is 2.52 bits per heavy atom. The van der Waals surface area contributed by atoms with Gasteiger partial charge in [0.25, 0.3) is 5.91 Å². The van der Waals surface area contributed by atoms with Crippen LogP contribution in [0.3, 0.4) is 0 Å². The van der Waals surface area contributed by atoms with Crippen LogP contribution in [0.15, 0.2) is 42.5 Å². The molecule has 0 spiro atoms. The molecule has 2 heterocycles. The van der Waals surface area contributed by atoms with E-state index in [1.54, 1.807) is 4.90 Å². The quantitative estimate of drug-likeness (QED) is 0.609. The molecule has 1 aromatic heterocycles. The number of hydrogen-bond acceptors (Lipinski definition) is 5. The normalized spacial score (nSPS) is 15.7. The molecule has 10 heteroatoms. The Morgan fingerprint density at radius 1 is 1.03 bits per heavy atom. The lowest BCUT2D eigenvalue weighted by atomic mass is 10.2. The number of nitrogens with one attached hydrogen (secondary N) is 2. The third kappa shape index (κ3) is 4.69. The number of rotatable bonds is 4. The van der Waals surface area contributed by atoms with Crippen molar-refractivity contribution in [3.05, 3.63) is 69.7 Å². The van der Waals surface area contributed by atoms with Crippen LogP contribution in [0.1, 0.15) is 39.3 Å². The van der Waals surface area contributed by atoms with Crippen LogP contribution >= 0.6 is 11.3 Å². The highest BCUT2D eigenvalue weighted by Gasteiger charge is 2.33. The van der Waals surface area contributed by atoms with Crippen LogP contribution < -0.4 is 10.6 Å². The Balaban J connectivity index is 1.44. The number of carbonyl (C=O) groups is 2. The summed E-state index contributed by atoms with van der Waals surface area (Å²) >= 11 is 1.07. The summed E-state index contributed by atoms with van der Waals surface area (Å²) < 4.78 is 26.4. The number of benzene rings is 2. The predicted molar refractivity (Wildman–Crippen MR) is 113 cm³/mol. The van der Waals surface area contributed by atoms with Crippen molar-refractivity contribution in [1.29, 1.82) is 0 Å². The molecule has 160 valence electrons. The third-order valence-electron chi connectivity index (χ3n) is 4.91. The van der Waals surface area contributed by atoms with Gasteiger partial charge < -0.3 is 15.5 Å². The van der Waals surface area contributed by atoms with Crippen LogP contribution in [0, 0.1) is 18.6 Å². The SMILES string of the molecule is Cc1ccc(NC(=O)N2CCCC2c2nnc(C(=O)Nc3ccc(F)c(F)c3)s2)cc1. The first-order valence-electron chi connectivity index (χ1n) is 9.65. The van der Waals surface area contributed by atoms with Crippen molar-refractivity contribution in [3.63, 3.8) is 0 Å². The van der Waals surface area contributed by atoms with Gasteiger partial charge in [-0.25, -0.2) is 13.6 Å². The number of likely N-dealkylation sites (tertiary alicyclic amines) is 1. The molecule has 2 N–H and O–H groups in total. The average Bonchev–Trinajstić information content (AvgIpc) is 3.42. The van der Waals surface area contributed by atoms with Gasteiger partial charge in [0.15, 0.2) is 11.6 Å². The Morgan fingerprint density at radius 2 is 1.77 bits per heavy atom. The summed E-state index contributed by atoms with van der Waals surface area (Å²) in [5, 5.41) is 14.0. The van der Waals surface area contributed by atoms with E-state index in [2.05, 4.69) is 20.8 Å². The van der Waals surface area contributed by atoms with E-state index >= 15 is 0 Å². The molecule has 1 unspecified atom stereocenters. The topological polar surface area (TPSA) is 87.2 Å². The molecule has 31 heavy (non-hydrogen) atoms. The number of urea groups is 1. The molecule has 3 aromatic rings. The fourth-order valence-electron chi connectivity index (χ4n) is 3.32. The van der Waals surface area contributed by atoms with Crippen LogP contribution in [0.4, 0.5) is 25.0 Å². The predicted octanol–water partition coefficient (Wildman–Crippen LogP) is 4.75. The highest BCUT2D eigenvalue weighted by atomic mass is 32.1. The van der Waals surface area contributed by atoms with E-state index in [-0.39, 0.29) is 22.8 Å². The molecule has 1 atom stereocenters. The second-order valence-corrected chi connectivity index (χ2v) is 8.19. The van der Waals surface area contributed by atoms with Gasteiger partial charge in [-0.3, -0.25) is 4.79 Å². The van der Waals surface area contributed by atoms with Crippen molar-refractivity contribution in [2.75, 3.05) is 17.2 Å². The summed E-state index contributed by atoms with van der Waals surface area (Å²) in [4.78, 5) is 26.8. The third-order valence-corrected chi connectivity index (χ3v) is 5.94. The summed E-state index contributed by atoms with van der Waals surface area (Å²) in [7, 11) is 0. The van der Waals surface area contributed by atoms with Gasteiger partial charge in [0.1, 0.15) is 5.01 Å². The van der Waals surface area contributed by atoms with Gasteiger partial charge in [0, 0.05) is 24.0 Å². The molecule has 1 fully saturated rings. The first kappa shape index (κ1) is 20.9. The van der Waals surface area contributed by atoms with Crippen molar-refractivity contribution in [2.24, 2.45) is 0 Å². The molecular weight excluding hydrogens is 424 g/mol. The van der Waals surface area contributed by atoms with Gasteiger partial charge in [0.05, 0.1) is 6.04 Å². The van der Waals surface area contributed by atoms with E-state index in [0.717, 1.165) is 35.5 Å². The maximum absolute atomic E-state index is 13.3. The highest BCUT2D eigenvalue weighted by Crippen LogP contribution is 2.34. The molecule has 0 aliphatic carbocycles.